The predicted octanol–water partition coefficient (Wildman–Crippen LogP) is 2.85. The van der Waals surface area contributed by atoms with Crippen LogP contribution in [0.5, 0.6) is 0 Å². The number of allylic oxidation sites excluding steroid dienone is 2. The molecule has 2 atom stereocenters. The fraction of sp³-hybridized carbons (Fsp3) is 0.714. The maximum absolute atomic E-state index is 5.77. The lowest BCUT2D eigenvalue weighted by atomic mass is 9.69. The summed E-state index contributed by atoms with van der Waals surface area (Å²) in [6, 6.07) is 0. The molecular formula is C14H20O2. The zero-order valence-electron chi connectivity index (χ0n) is 10.00. The lowest BCUT2D eigenvalue weighted by Gasteiger charge is -2.38. The van der Waals surface area contributed by atoms with Crippen LogP contribution in [-0.4, -0.2) is 26.4 Å². The molecule has 1 aliphatic heterocycles. The fourth-order valence-corrected chi connectivity index (χ4v) is 3.37. The maximum Gasteiger partial charge on any atom is 0.0882 e. The highest BCUT2D eigenvalue weighted by molar-refractivity contribution is 5.49. The number of hydrogen-bond acceptors (Lipinski definition) is 2. The first-order chi connectivity index (χ1) is 7.92. The van der Waals surface area contributed by atoms with E-state index in [0.29, 0.717) is 12.0 Å². The first-order valence-corrected chi connectivity index (χ1v) is 6.44. The molecule has 3 aliphatic rings. The van der Waals surface area contributed by atoms with E-state index in [9.17, 15) is 0 Å². The molecular weight excluding hydrogens is 200 g/mol. The first kappa shape index (κ1) is 10.5. The Morgan fingerprint density at radius 3 is 3.12 bits per heavy atom. The molecule has 2 nitrogen and oxygen atoms in total. The minimum Gasteiger partial charge on any atom is -0.380 e. The van der Waals surface area contributed by atoms with Crippen molar-refractivity contribution in [3.05, 3.63) is 22.8 Å². The van der Waals surface area contributed by atoms with Gasteiger partial charge in [0.15, 0.2) is 0 Å². The molecule has 0 N–H and O–H groups in total. The van der Waals surface area contributed by atoms with Crippen molar-refractivity contribution in [1.29, 1.82) is 0 Å². The van der Waals surface area contributed by atoms with Crippen LogP contribution >= 0.6 is 0 Å². The highest BCUT2D eigenvalue weighted by Gasteiger charge is 2.45. The van der Waals surface area contributed by atoms with E-state index in [2.05, 4.69) is 6.08 Å². The Balaban J connectivity index is 1.87. The largest absolute Gasteiger partial charge is 0.380 e. The fourth-order valence-electron chi connectivity index (χ4n) is 3.37. The molecule has 0 aromatic heterocycles. The van der Waals surface area contributed by atoms with Crippen LogP contribution in [-0.2, 0) is 9.47 Å². The van der Waals surface area contributed by atoms with E-state index in [4.69, 9.17) is 9.47 Å². The predicted molar refractivity (Wildman–Crippen MR) is 63.3 cm³/mol. The first-order valence-electron chi connectivity index (χ1n) is 6.44. The number of fused-ring (bicyclic) bond motifs is 1. The Hall–Kier alpha value is -0.600. The smallest absolute Gasteiger partial charge is 0.0882 e. The van der Waals surface area contributed by atoms with Crippen molar-refractivity contribution < 1.29 is 9.47 Å². The number of hydrogen-bond donors (Lipinski definition) is 0. The van der Waals surface area contributed by atoms with Gasteiger partial charge in [-0.2, -0.15) is 0 Å². The molecule has 1 heterocycles. The Labute approximate surface area is 97.3 Å². The summed E-state index contributed by atoms with van der Waals surface area (Å²) in [4.78, 5) is 0. The Morgan fingerprint density at radius 2 is 2.38 bits per heavy atom. The molecule has 0 bridgehead atoms. The standard InChI is InChI=1S/C14H20O2/c1-15-9-12-13(10-5-3-2-4-6-10)11-7-8-16-14(11)12/h5,11,14H,2-4,6-9H2,1H3. The van der Waals surface area contributed by atoms with Gasteiger partial charge in [0.25, 0.3) is 0 Å². The lowest BCUT2D eigenvalue weighted by molar-refractivity contribution is 0.0878. The highest BCUT2D eigenvalue weighted by Crippen LogP contribution is 2.48. The normalized spacial score (nSPS) is 33.4. The van der Waals surface area contributed by atoms with E-state index in [1.165, 1.54) is 37.7 Å². The summed E-state index contributed by atoms with van der Waals surface area (Å²) < 4.78 is 11.1. The molecule has 0 saturated carbocycles. The quantitative estimate of drug-likeness (QED) is 0.728. The van der Waals surface area contributed by atoms with Gasteiger partial charge >= 0.3 is 0 Å². The second-order valence-corrected chi connectivity index (χ2v) is 5.03. The molecule has 1 saturated heterocycles. The van der Waals surface area contributed by atoms with Crippen LogP contribution in [0.15, 0.2) is 22.8 Å². The average Bonchev–Trinajstić information content (AvgIpc) is 2.72. The van der Waals surface area contributed by atoms with E-state index in [1.807, 2.05) is 0 Å². The Kier molecular flexibility index (Phi) is 2.86. The van der Waals surface area contributed by atoms with E-state index in [0.717, 1.165) is 13.2 Å². The molecule has 0 radical (unpaired) electrons. The third-order valence-electron chi connectivity index (χ3n) is 4.09. The van der Waals surface area contributed by atoms with Crippen LogP contribution < -0.4 is 0 Å². The number of rotatable bonds is 3. The Morgan fingerprint density at radius 1 is 1.44 bits per heavy atom. The summed E-state index contributed by atoms with van der Waals surface area (Å²) >= 11 is 0. The molecule has 88 valence electrons. The Bertz CT molecular complexity index is 341. The lowest BCUT2D eigenvalue weighted by Crippen LogP contribution is -2.36. The molecule has 0 spiro atoms. The summed E-state index contributed by atoms with van der Waals surface area (Å²) in [5.74, 6) is 0.689. The minimum absolute atomic E-state index is 0.387. The molecule has 2 aliphatic carbocycles. The van der Waals surface area contributed by atoms with Gasteiger partial charge in [-0.05, 0) is 48.8 Å². The van der Waals surface area contributed by atoms with Crippen LogP contribution in [0.25, 0.3) is 0 Å². The zero-order valence-corrected chi connectivity index (χ0v) is 10.00. The van der Waals surface area contributed by atoms with Crippen molar-refractivity contribution in [1.82, 2.24) is 0 Å². The van der Waals surface area contributed by atoms with Gasteiger partial charge in [0, 0.05) is 19.6 Å². The molecule has 16 heavy (non-hydrogen) atoms. The van der Waals surface area contributed by atoms with Crippen LogP contribution in [0.4, 0.5) is 0 Å². The summed E-state index contributed by atoms with van der Waals surface area (Å²) in [6.45, 7) is 1.69. The maximum atomic E-state index is 5.77. The average molecular weight is 220 g/mol. The minimum atomic E-state index is 0.387. The second kappa shape index (κ2) is 4.34. The SMILES string of the molecule is COCC1=C(C2=CCCCC2)C2CCOC12. The van der Waals surface area contributed by atoms with Crippen LogP contribution in [0.1, 0.15) is 32.1 Å². The molecule has 0 amide bonds. The van der Waals surface area contributed by atoms with Gasteiger partial charge in [0.2, 0.25) is 0 Å². The number of methoxy groups -OCH3 is 1. The van der Waals surface area contributed by atoms with Crippen LogP contribution in [0.3, 0.4) is 0 Å². The van der Waals surface area contributed by atoms with Crippen molar-refractivity contribution in [3.8, 4) is 0 Å². The van der Waals surface area contributed by atoms with Crippen molar-refractivity contribution in [3.63, 3.8) is 0 Å². The van der Waals surface area contributed by atoms with Crippen molar-refractivity contribution >= 4 is 0 Å². The molecule has 0 aromatic rings. The van der Waals surface area contributed by atoms with E-state index >= 15 is 0 Å². The molecule has 2 heteroatoms. The topological polar surface area (TPSA) is 18.5 Å². The number of ether oxygens (including phenoxy) is 2. The van der Waals surface area contributed by atoms with E-state index in [-0.39, 0.29) is 0 Å². The summed E-state index contributed by atoms with van der Waals surface area (Å²) in [6.07, 6.45) is 9.30. The molecule has 0 aromatic carbocycles. The summed E-state index contributed by atoms with van der Waals surface area (Å²) in [7, 11) is 1.78. The van der Waals surface area contributed by atoms with Gasteiger partial charge in [0.1, 0.15) is 0 Å². The molecule has 1 fully saturated rings. The van der Waals surface area contributed by atoms with Crippen LogP contribution in [0.2, 0.25) is 0 Å². The summed E-state index contributed by atoms with van der Waals surface area (Å²) in [5.41, 5.74) is 4.63. The van der Waals surface area contributed by atoms with E-state index < -0.39 is 0 Å². The van der Waals surface area contributed by atoms with Crippen molar-refractivity contribution in [2.45, 2.75) is 38.2 Å². The van der Waals surface area contributed by atoms with Gasteiger partial charge in [-0.3, -0.25) is 0 Å². The van der Waals surface area contributed by atoms with Gasteiger partial charge in [0.05, 0.1) is 12.7 Å². The molecule has 2 unspecified atom stereocenters. The molecule has 3 rings (SSSR count). The zero-order chi connectivity index (χ0) is 11.0. The monoisotopic (exact) mass is 220 g/mol. The van der Waals surface area contributed by atoms with Gasteiger partial charge < -0.3 is 9.47 Å². The third kappa shape index (κ3) is 1.56. The van der Waals surface area contributed by atoms with Crippen LogP contribution in [0, 0.1) is 5.92 Å². The van der Waals surface area contributed by atoms with E-state index in [1.54, 1.807) is 18.3 Å². The third-order valence-corrected chi connectivity index (χ3v) is 4.09. The van der Waals surface area contributed by atoms with Gasteiger partial charge in [-0.15, -0.1) is 0 Å². The van der Waals surface area contributed by atoms with Crippen molar-refractivity contribution in [2.24, 2.45) is 5.92 Å². The van der Waals surface area contributed by atoms with Gasteiger partial charge in [-0.25, -0.2) is 0 Å². The highest BCUT2D eigenvalue weighted by atomic mass is 16.5. The summed E-state index contributed by atoms with van der Waals surface area (Å²) in [5, 5.41) is 0. The van der Waals surface area contributed by atoms with Gasteiger partial charge in [-0.1, -0.05) is 6.08 Å². The van der Waals surface area contributed by atoms with Crippen molar-refractivity contribution in [2.75, 3.05) is 20.3 Å². The second-order valence-electron chi connectivity index (χ2n) is 5.03.